The average molecular weight is 308 g/mol. The van der Waals surface area contributed by atoms with Crippen LogP contribution in [0.3, 0.4) is 0 Å². The molecule has 1 aliphatic rings. The van der Waals surface area contributed by atoms with Crippen LogP contribution in [0, 0.1) is 0 Å². The molecule has 0 radical (unpaired) electrons. The number of furan rings is 1. The number of hydrogen-bond donors (Lipinski definition) is 0. The first-order valence-electron chi connectivity index (χ1n) is 8.01. The number of amides is 1. The molecule has 2 atom stereocenters. The number of hydrogen-bond acceptors (Lipinski definition) is 4. The molecular weight excluding hydrogens is 280 g/mol. The quantitative estimate of drug-likeness (QED) is 0.854. The average Bonchev–Trinajstić information content (AvgIpc) is 2.98. The van der Waals surface area contributed by atoms with Crippen LogP contribution in [0.4, 0.5) is 4.79 Å². The van der Waals surface area contributed by atoms with Crippen molar-refractivity contribution in [1.82, 2.24) is 9.80 Å². The van der Waals surface area contributed by atoms with E-state index in [9.17, 15) is 4.79 Å². The zero-order valence-corrected chi connectivity index (χ0v) is 14.3. The Morgan fingerprint density at radius 3 is 2.82 bits per heavy atom. The van der Waals surface area contributed by atoms with Crippen LogP contribution in [0.5, 0.6) is 0 Å². The van der Waals surface area contributed by atoms with Gasteiger partial charge in [-0.15, -0.1) is 0 Å². The Morgan fingerprint density at radius 2 is 2.23 bits per heavy atom. The van der Waals surface area contributed by atoms with Gasteiger partial charge in [-0.3, -0.25) is 4.90 Å². The van der Waals surface area contributed by atoms with E-state index in [-0.39, 0.29) is 18.2 Å². The zero-order valence-electron chi connectivity index (χ0n) is 14.3. The second-order valence-corrected chi connectivity index (χ2v) is 7.07. The van der Waals surface area contributed by atoms with Gasteiger partial charge in [0.05, 0.1) is 12.3 Å². The van der Waals surface area contributed by atoms with Gasteiger partial charge < -0.3 is 14.1 Å². The summed E-state index contributed by atoms with van der Waals surface area (Å²) in [6.45, 7) is 9.70. The van der Waals surface area contributed by atoms with Gasteiger partial charge in [0.2, 0.25) is 0 Å². The van der Waals surface area contributed by atoms with Crippen molar-refractivity contribution in [3.8, 4) is 0 Å². The third kappa shape index (κ3) is 4.26. The second-order valence-electron chi connectivity index (χ2n) is 7.07. The predicted molar refractivity (Wildman–Crippen MR) is 85.7 cm³/mol. The maximum atomic E-state index is 12.2. The standard InChI is InChI=1S/C17H28N2O3/c1-13(15-9-7-11-21-15)19-10-6-8-14(12-19)18(5)16(20)22-17(2,3)4/h7,9,11,13-14H,6,8,10,12H2,1-5H3. The van der Waals surface area contributed by atoms with E-state index in [0.29, 0.717) is 0 Å². The molecule has 2 rings (SSSR count). The van der Waals surface area contributed by atoms with Gasteiger partial charge in [-0.25, -0.2) is 4.79 Å². The summed E-state index contributed by atoms with van der Waals surface area (Å²) in [7, 11) is 1.83. The minimum Gasteiger partial charge on any atom is -0.468 e. The van der Waals surface area contributed by atoms with E-state index in [1.807, 2.05) is 40.0 Å². The van der Waals surface area contributed by atoms with Crippen molar-refractivity contribution in [3.05, 3.63) is 24.2 Å². The Kier molecular flexibility index (Phi) is 5.16. The van der Waals surface area contributed by atoms with Crippen molar-refractivity contribution in [3.63, 3.8) is 0 Å². The summed E-state index contributed by atoms with van der Waals surface area (Å²) in [6, 6.07) is 4.33. The highest BCUT2D eigenvalue weighted by molar-refractivity contribution is 5.68. The predicted octanol–water partition coefficient (Wildman–Crippen LogP) is 3.67. The van der Waals surface area contributed by atoms with E-state index in [4.69, 9.17) is 9.15 Å². The van der Waals surface area contributed by atoms with Crippen LogP contribution in [0.2, 0.25) is 0 Å². The third-order valence-electron chi connectivity index (χ3n) is 4.16. The molecule has 2 unspecified atom stereocenters. The Bertz CT molecular complexity index is 479. The van der Waals surface area contributed by atoms with Crippen molar-refractivity contribution < 1.29 is 13.9 Å². The molecule has 1 fully saturated rings. The highest BCUT2D eigenvalue weighted by Crippen LogP contribution is 2.26. The van der Waals surface area contributed by atoms with Gasteiger partial charge in [0, 0.05) is 19.6 Å². The molecule has 1 amide bonds. The molecule has 0 aromatic carbocycles. The van der Waals surface area contributed by atoms with Crippen LogP contribution in [-0.4, -0.2) is 47.7 Å². The molecule has 1 aliphatic heterocycles. The van der Waals surface area contributed by atoms with Crippen molar-refractivity contribution in [2.45, 2.75) is 58.2 Å². The fourth-order valence-electron chi connectivity index (χ4n) is 2.84. The summed E-state index contributed by atoms with van der Waals surface area (Å²) in [4.78, 5) is 16.3. The van der Waals surface area contributed by atoms with Gasteiger partial charge >= 0.3 is 6.09 Å². The molecule has 5 nitrogen and oxygen atoms in total. The van der Waals surface area contributed by atoms with Gasteiger partial charge in [-0.1, -0.05) is 0 Å². The first kappa shape index (κ1) is 16.9. The second kappa shape index (κ2) is 6.73. The molecule has 0 N–H and O–H groups in total. The van der Waals surface area contributed by atoms with Crippen LogP contribution in [0.25, 0.3) is 0 Å². The highest BCUT2D eigenvalue weighted by Gasteiger charge is 2.31. The number of carbonyl (C=O) groups excluding carboxylic acids is 1. The molecule has 22 heavy (non-hydrogen) atoms. The van der Waals surface area contributed by atoms with Gasteiger partial charge in [-0.05, 0) is 59.2 Å². The number of ether oxygens (including phenoxy) is 1. The van der Waals surface area contributed by atoms with E-state index in [1.165, 1.54) is 0 Å². The zero-order chi connectivity index (χ0) is 16.3. The molecule has 124 valence electrons. The van der Waals surface area contributed by atoms with Crippen LogP contribution in [0.1, 0.15) is 52.3 Å². The lowest BCUT2D eigenvalue weighted by Gasteiger charge is -2.40. The lowest BCUT2D eigenvalue weighted by atomic mass is 10.0. The van der Waals surface area contributed by atoms with E-state index in [2.05, 4.69) is 11.8 Å². The number of likely N-dealkylation sites (tertiary alicyclic amines) is 1. The molecule has 0 spiro atoms. The number of likely N-dealkylation sites (N-methyl/N-ethyl adjacent to an activating group) is 1. The minimum atomic E-state index is -0.457. The van der Waals surface area contributed by atoms with E-state index in [0.717, 1.165) is 31.7 Å². The molecule has 0 aliphatic carbocycles. The maximum Gasteiger partial charge on any atom is 0.410 e. The Morgan fingerprint density at radius 1 is 1.50 bits per heavy atom. The smallest absolute Gasteiger partial charge is 0.410 e. The van der Waals surface area contributed by atoms with Crippen molar-refractivity contribution >= 4 is 6.09 Å². The summed E-state index contributed by atoms with van der Waals surface area (Å²) in [5, 5.41) is 0. The largest absolute Gasteiger partial charge is 0.468 e. The Labute approximate surface area is 133 Å². The van der Waals surface area contributed by atoms with Gasteiger partial charge in [0.15, 0.2) is 0 Å². The van der Waals surface area contributed by atoms with Crippen LogP contribution in [-0.2, 0) is 4.74 Å². The number of nitrogens with zero attached hydrogens (tertiary/aromatic N) is 2. The van der Waals surface area contributed by atoms with Crippen LogP contribution >= 0.6 is 0 Å². The summed E-state index contributed by atoms with van der Waals surface area (Å²) in [5.41, 5.74) is -0.457. The van der Waals surface area contributed by atoms with Crippen molar-refractivity contribution in [2.75, 3.05) is 20.1 Å². The lowest BCUT2D eigenvalue weighted by molar-refractivity contribution is 0.00972. The SMILES string of the molecule is CC(c1ccco1)N1CCCC(N(C)C(=O)OC(C)(C)C)C1. The highest BCUT2D eigenvalue weighted by atomic mass is 16.6. The molecule has 1 saturated heterocycles. The fourth-order valence-corrected chi connectivity index (χ4v) is 2.84. The van der Waals surface area contributed by atoms with Crippen molar-refractivity contribution in [1.29, 1.82) is 0 Å². The van der Waals surface area contributed by atoms with Crippen molar-refractivity contribution in [2.24, 2.45) is 0 Å². The molecular formula is C17H28N2O3. The molecule has 0 bridgehead atoms. The summed E-state index contributed by atoms with van der Waals surface area (Å²) < 4.78 is 11.0. The van der Waals surface area contributed by atoms with Gasteiger partial charge in [-0.2, -0.15) is 0 Å². The summed E-state index contributed by atoms with van der Waals surface area (Å²) in [6.07, 6.45) is 3.55. The minimum absolute atomic E-state index is 0.181. The number of piperidine rings is 1. The molecule has 5 heteroatoms. The molecule has 2 heterocycles. The monoisotopic (exact) mass is 308 g/mol. The van der Waals surface area contributed by atoms with E-state index >= 15 is 0 Å². The molecule has 1 aromatic rings. The maximum absolute atomic E-state index is 12.2. The fraction of sp³-hybridized carbons (Fsp3) is 0.706. The van der Waals surface area contributed by atoms with E-state index < -0.39 is 5.60 Å². The first-order valence-corrected chi connectivity index (χ1v) is 8.01. The molecule has 1 aromatic heterocycles. The van der Waals surface area contributed by atoms with Gasteiger partial charge in [0.25, 0.3) is 0 Å². The Hall–Kier alpha value is -1.49. The summed E-state index contributed by atoms with van der Waals surface area (Å²) >= 11 is 0. The van der Waals surface area contributed by atoms with Gasteiger partial charge in [0.1, 0.15) is 11.4 Å². The third-order valence-corrected chi connectivity index (χ3v) is 4.16. The first-order chi connectivity index (χ1) is 10.3. The Balaban J connectivity index is 1.96. The molecule has 0 saturated carbocycles. The summed E-state index contributed by atoms with van der Waals surface area (Å²) in [5.74, 6) is 0.973. The number of rotatable bonds is 3. The van der Waals surface area contributed by atoms with E-state index in [1.54, 1.807) is 11.2 Å². The topological polar surface area (TPSA) is 45.9 Å². The van der Waals surface area contributed by atoms with Crippen LogP contribution in [0.15, 0.2) is 22.8 Å². The normalized spacial score (nSPS) is 21.4. The van der Waals surface area contributed by atoms with Crippen LogP contribution < -0.4 is 0 Å². The number of carbonyl (C=O) groups is 1. The lowest BCUT2D eigenvalue weighted by Crippen LogP contribution is -2.50.